The number of carbonyl (C=O) groups is 4. The van der Waals surface area contributed by atoms with Gasteiger partial charge >= 0.3 is 18.2 Å². The Hall–Kier alpha value is -3.56. The van der Waals surface area contributed by atoms with Crippen molar-refractivity contribution in [2.24, 2.45) is 10.8 Å². The van der Waals surface area contributed by atoms with Crippen molar-refractivity contribution in [1.82, 2.24) is 15.1 Å². The standard InChI is InChI=1S/C32H43N3O7/c1-31(2,3)26-27(36)35-18-23(16-25(35)28(37)40-4)42-30(39)34-17-22-12-9-11-21(24(22)19-34)10-5-6-13-32(14-7-8-15-32)20-41-29(38)33-26/h5,9-12,23,25-26H,6-8,13-20H2,1-4H3,(H,33,38)/b10-5+/t23-,25+,26-/m1/s1. The molecule has 1 saturated carbocycles. The number of esters is 1. The van der Waals surface area contributed by atoms with Crippen molar-refractivity contribution in [2.45, 2.75) is 97.0 Å². The van der Waals surface area contributed by atoms with Crippen LogP contribution >= 0.6 is 0 Å². The fourth-order valence-corrected chi connectivity index (χ4v) is 6.82. The molecule has 1 aromatic rings. The first-order chi connectivity index (χ1) is 20.0. The fraction of sp³-hybridized carbons (Fsp3) is 0.625. The predicted octanol–water partition coefficient (Wildman–Crippen LogP) is 4.79. The van der Waals surface area contributed by atoms with Crippen LogP contribution in [0.2, 0.25) is 0 Å². The lowest BCUT2D eigenvalue weighted by atomic mass is 9.82. The summed E-state index contributed by atoms with van der Waals surface area (Å²) < 4.78 is 16.7. The van der Waals surface area contributed by atoms with Gasteiger partial charge in [-0.25, -0.2) is 14.4 Å². The lowest BCUT2D eigenvalue weighted by Gasteiger charge is -2.35. The van der Waals surface area contributed by atoms with Gasteiger partial charge in [-0.05, 0) is 47.8 Å². The summed E-state index contributed by atoms with van der Waals surface area (Å²) in [5, 5.41) is 2.80. The van der Waals surface area contributed by atoms with E-state index in [4.69, 9.17) is 14.2 Å². The highest BCUT2D eigenvalue weighted by Crippen LogP contribution is 2.42. The number of rotatable bonds is 1. The van der Waals surface area contributed by atoms with Crippen LogP contribution in [0.3, 0.4) is 0 Å². The number of alkyl carbamates (subject to hydrolysis) is 1. The van der Waals surface area contributed by atoms with Crippen LogP contribution in [0.5, 0.6) is 0 Å². The summed E-state index contributed by atoms with van der Waals surface area (Å²) in [4.78, 5) is 56.2. The Balaban J connectivity index is 1.45. The average Bonchev–Trinajstić information content (AvgIpc) is 3.70. The number of cyclic esters (lactones) is 1. The number of carbonyl (C=O) groups excluding carboxylic acids is 4. The monoisotopic (exact) mass is 581 g/mol. The third kappa shape index (κ3) is 6.27. The Morgan fingerprint density at radius 3 is 2.57 bits per heavy atom. The quantitative estimate of drug-likeness (QED) is 0.375. The first-order valence-corrected chi connectivity index (χ1v) is 15.0. The zero-order valence-corrected chi connectivity index (χ0v) is 25.1. The molecule has 3 aliphatic heterocycles. The molecule has 10 nitrogen and oxygen atoms in total. The van der Waals surface area contributed by atoms with E-state index in [9.17, 15) is 19.2 Å². The van der Waals surface area contributed by atoms with Crippen LogP contribution in [0.1, 0.15) is 82.4 Å². The van der Waals surface area contributed by atoms with Gasteiger partial charge in [-0.2, -0.15) is 0 Å². The number of ether oxygens (including phenoxy) is 3. The van der Waals surface area contributed by atoms with Gasteiger partial charge in [0.1, 0.15) is 18.2 Å². The molecule has 4 aliphatic rings. The highest BCUT2D eigenvalue weighted by molar-refractivity contribution is 5.91. The number of hydrogen-bond donors (Lipinski definition) is 1. The third-order valence-corrected chi connectivity index (χ3v) is 9.25. The van der Waals surface area contributed by atoms with E-state index in [1.54, 1.807) is 4.90 Å². The van der Waals surface area contributed by atoms with Crippen LogP contribution in [0.4, 0.5) is 9.59 Å². The summed E-state index contributed by atoms with van der Waals surface area (Å²) in [6.45, 7) is 6.72. The molecular weight excluding hydrogens is 538 g/mol. The molecule has 0 radical (unpaired) electrons. The van der Waals surface area contributed by atoms with Crippen molar-refractivity contribution < 1.29 is 33.4 Å². The zero-order valence-electron chi connectivity index (χ0n) is 25.1. The topological polar surface area (TPSA) is 114 Å². The van der Waals surface area contributed by atoms with E-state index in [1.807, 2.05) is 32.9 Å². The van der Waals surface area contributed by atoms with Crippen molar-refractivity contribution in [1.29, 1.82) is 0 Å². The molecule has 3 amide bonds. The summed E-state index contributed by atoms with van der Waals surface area (Å²) in [5.74, 6) is -1.04. The van der Waals surface area contributed by atoms with Crippen LogP contribution in [0, 0.1) is 10.8 Å². The van der Waals surface area contributed by atoms with Crippen LogP contribution in [0.15, 0.2) is 24.3 Å². The van der Waals surface area contributed by atoms with E-state index >= 15 is 0 Å². The molecule has 1 N–H and O–H groups in total. The van der Waals surface area contributed by atoms with Gasteiger partial charge in [0.2, 0.25) is 5.91 Å². The second-order valence-corrected chi connectivity index (χ2v) is 13.3. The molecule has 228 valence electrons. The van der Waals surface area contributed by atoms with E-state index in [-0.39, 0.29) is 18.4 Å². The van der Waals surface area contributed by atoms with Crippen molar-refractivity contribution in [3.63, 3.8) is 0 Å². The summed E-state index contributed by atoms with van der Waals surface area (Å²) in [6, 6.07) is 4.18. The Labute approximate surface area is 247 Å². The largest absolute Gasteiger partial charge is 0.467 e. The minimum Gasteiger partial charge on any atom is -0.467 e. The van der Waals surface area contributed by atoms with Crippen molar-refractivity contribution in [3.8, 4) is 0 Å². The molecule has 1 spiro atoms. The van der Waals surface area contributed by atoms with E-state index in [0.29, 0.717) is 19.7 Å². The summed E-state index contributed by atoms with van der Waals surface area (Å²) in [5.41, 5.74) is 2.47. The predicted molar refractivity (Wildman–Crippen MR) is 155 cm³/mol. The van der Waals surface area contributed by atoms with Gasteiger partial charge in [-0.15, -0.1) is 0 Å². The van der Waals surface area contributed by atoms with Gasteiger partial charge in [0.25, 0.3) is 0 Å². The first-order valence-electron chi connectivity index (χ1n) is 15.0. The second kappa shape index (κ2) is 12.0. The highest BCUT2D eigenvalue weighted by atomic mass is 16.6. The number of hydrogen-bond acceptors (Lipinski definition) is 7. The molecule has 4 bridgehead atoms. The van der Waals surface area contributed by atoms with Crippen molar-refractivity contribution >= 4 is 30.1 Å². The molecule has 42 heavy (non-hydrogen) atoms. The normalized spacial score (nSPS) is 27.3. The molecule has 0 unspecified atom stereocenters. The molecule has 0 aromatic heterocycles. The highest BCUT2D eigenvalue weighted by Gasteiger charge is 2.47. The first kappa shape index (κ1) is 29.9. The van der Waals surface area contributed by atoms with Crippen LogP contribution in [-0.4, -0.2) is 72.3 Å². The molecule has 10 heteroatoms. The molecule has 1 saturated heterocycles. The van der Waals surface area contributed by atoms with Crippen molar-refractivity contribution in [2.75, 3.05) is 20.3 Å². The van der Waals surface area contributed by atoms with E-state index in [1.165, 1.54) is 12.0 Å². The van der Waals surface area contributed by atoms with E-state index < -0.39 is 47.7 Å². The third-order valence-electron chi connectivity index (χ3n) is 9.25. The summed E-state index contributed by atoms with van der Waals surface area (Å²) >= 11 is 0. The Morgan fingerprint density at radius 1 is 1.10 bits per heavy atom. The molecule has 2 fully saturated rings. The number of fused-ring (bicyclic) bond motifs is 3. The maximum atomic E-state index is 14.0. The van der Waals surface area contributed by atoms with Crippen LogP contribution < -0.4 is 5.32 Å². The zero-order chi connectivity index (χ0) is 30.1. The molecule has 1 aliphatic carbocycles. The van der Waals surface area contributed by atoms with Gasteiger partial charge < -0.3 is 24.4 Å². The number of nitrogens with zero attached hydrogens (tertiary/aromatic N) is 2. The van der Waals surface area contributed by atoms with Gasteiger partial charge in [0.15, 0.2) is 0 Å². The van der Waals surface area contributed by atoms with Gasteiger partial charge in [-0.1, -0.05) is 64.0 Å². The Kier molecular flexibility index (Phi) is 8.53. The number of allylic oxidation sites excluding steroid dienone is 1. The van der Waals surface area contributed by atoms with Crippen molar-refractivity contribution in [3.05, 3.63) is 41.0 Å². The lowest BCUT2D eigenvalue weighted by molar-refractivity contribution is -0.152. The van der Waals surface area contributed by atoms with E-state index in [2.05, 4.69) is 23.5 Å². The van der Waals surface area contributed by atoms with Crippen LogP contribution in [0.25, 0.3) is 6.08 Å². The van der Waals surface area contributed by atoms with E-state index in [0.717, 1.165) is 55.2 Å². The maximum absolute atomic E-state index is 14.0. The van der Waals surface area contributed by atoms with Gasteiger partial charge in [-0.3, -0.25) is 9.69 Å². The lowest BCUT2D eigenvalue weighted by Crippen LogP contribution is -2.57. The SMILES string of the molecule is COC(=O)[C@@H]1C[C@@H]2CN1C(=O)[C@H](C(C)(C)C)NC(=O)OCC1(CC/C=C/c3cccc4c3CN(C4)C(=O)O2)CCCC1. The minimum absolute atomic E-state index is 0.0194. The molecule has 3 atom stereocenters. The minimum atomic E-state index is -0.967. The Bertz CT molecular complexity index is 1250. The molecular formula is C32H43N3O7. The fourth-order valence-electron chi connectivity index (χ4n) is 6.82. The van der Waals surface area contributed by atoms with Crippen LogP contribution in [-0.2, 0) is 36.9 Å². The summed E-state index contributed by atoms with van der Waals surface area (Å²) in [6.07, 6.45) is 8.47. The molecule has 3 heterocycles. The molecule has 5 rings (SSSR count). The summed E-state index contributed by atoms with van der Waals surface area (Å²) in [7, 11) is 1.26. The average molecular weight is 582 g/mol. The number of methoxy groups -OCH3 is 1. The number of nitrogens with one attached hydrogen (secondary N) is 1. The molecule has 1 aromatic carbocycles. The Morgan fingerprint density at radius 2 is 1.86 bits per heavy atom. The smallest absolute Gasteiger partial charge is 0.410 e. The van der Waals surface area contributed by atoms with Gasteiger partial charge in [0, 0.05) is 18.4 Å². The number of benzene rings is 1. The maximum Gasteiger partial charge on any atom is 0.410 e. The second-order valence-electron chi connectivity index (χ2n) is 13.3. The number of amides is 3. The van der Waals surface area contributed by atoms with Gasteiger partial charge in [0.05, 0.1) is 26.8 Å².